The molecule has 0 aromatic carbocycles. The minimum atomic E-state index is -0.903. The Morgan fingerprint density at radius 3 is 2.10 bits per heavy atom. The highest BCUT2D eigenvalue weighted by Crippen LogP contribution is 2.36. The van der Waals surface area contributed by atoms with Crippen molar-refractivity contribution in [3.63, 3.8) is 0 Å². The van der Waals surface area contributed by atoms with Gasteiger partial charge in [-0.15, -0.1) is 0 Å². The first-order chi connectivity index (χ1) is 24.0. The van der Waals surface area contributed by atoms with Gasteiger partial charge in [0.15, 0.2) is 0 Å². The van der Waals surface area contributed by atoms with Crippen LogP contribution in [0.3, 0.4) is 0 Å². The zero-order valence-electron chi connectivity index (χ0n) is 28.3. The number of carbonyl (C=O) groups excluding carboxylic acids is 3. The van der Waals surface area contributed by atoms with Crippen LogP contribution in [0.5, 0.6) is 0 Å². The number of hydrogen-bond donors (Lipinski definition) is 4. The van der Waals surface area contributed by atoms with Gasteiger partial charge in [0.1, 0.15) is 0 Å². The minimum Gasteiger partial charge on any atom is -0.481 e. The molecule has 11 heteroatoms. The lowest BCUT2D eigenvalue weighted by atomic mass is 10.00. The molecule has 3 aliphatic rings. The van der Waals surface area contributed by atoms with E-state index in [1.807, 2.05) is 57.2 Å². The van der Waals surface area contributed by atoms with E-state index >= 15 is 0 Å². The summed E-state index contributed by atoms with van der Waals surface area (Å²) < 4.78 is 0. The number of aliphatic carboxylic acids is 1. The molecule has 0 unspecified atom stereocenters. The average molecular weight is 671 g/mol. The van der Waals surface area contributed by atoms with E-state index in [9.17, 15) is 24.3 Å². The summed E-state index contributed by atoms with van der Waals surface area (Å²) in [7, 11) is 0. The highest BCUT2D eigenvalue weighted by molar-refractivity contribution is 6.12. The number of imide groups is 1. The second-order valence-corrected chi connectivity index (χ2v) is 12.5. The SMILES string of the molecule is C=Cc1c(C)c2cc3[nH]c(cc4nc(cc5nc(cc1[nH]2)C=C5CCC(=O)NCCN1C(=O)C=CC1=O)C(CCC(=O)O)=C4C)c(C)c3C=C. The molecule has 0 fully saturated rings. The Morgan fingerprint density at radius 1 is 0.820 bits per heavy atom. The van der Waals surface area contributed by atoms with E-state index in [2.05, 4.69) is 34.5 Å². The second kappa shape index (κ2) is 13.8. The number of hydrogen-bond acceptors (Lipinski definition) is 6. The first-order valence-corrected chi connectivity index (χ1v) is 16.4. The predicted octanol–water partition coefficient (Wildman–Crippen LogP) is 6.38. The Bertz CT molecular complexity index is 2250. The van der Waals surface area contributed by atoms with Gasteiger partial charge in [0, 0.05) is 71.3 Å². The number of amides is 3. The first-order valence-electron chi connectivity index (χ1n) is 16.4. The summed E-state index contributed by atoms with van der Waals surface area (Å²) in [4.78, 5) is 66.3. The summed E-state index contributed by atoms with van der Waals surface area (Å²) in [6.07, 6.45) is 8.73. The van der Waals surface area contributed by atoms with Crippen LogP contribution in [-0.4, -0.2) is 66.7 Å². The van der Waals surface area contributed by atoms with Crippen LogP contribution in [-0.2, 0) is 19.2 Å². The Morgan fingerprint density at radius 2 is 1.46 bits per heavy atom. The number of nitrogens with zero attached hydrogens (tertiary/aromatic N) is 3. The Balaban J connectivity index is 1.45. The van der Waals surface area contributed by atoms with Crippen molar-refractivity contribution in [2.24, 2.45) is 0 Å². The van der Waals surface area contributed by atoms with Crippen LogP contribution in [0.4, 0.5) is 0 Å². The standard InChI is InChI=1S/C39H38N6O5/c1-6-26-21(3)31-19-34-27(7-2)22(4)29(43-34)18-30-23(5)28(9-13-39(49)50)35(44-30)20-32-24(16-25(41-32)17-33(26)42-31)8-10-36(46)40-14-15-45-37(47)11-12-38(45)48/h6-7,11-12,16-20,42-43H,1-2,8-10,13-15H2,3-5H3,(H,40,46)(H,49,50). The zero-order chi connectivity index (χ0) is 35.7. The van der Waals surface area contributed by atoms with E-state index in [1.54, 1.807) is 0 Å². The van der Waals surface area contributed by atoms with Gasteiger partial charge >= 0.3 is 5.97 Å². The van der Waals surface area contributed by atoms with Crippen LogP contribution in [0.15, 0.2) is 49.6 Å². The molecule has 0 atom stereocenters. The quantitative estimate of drug-likeness (QED) is 0.172. The smallest absolute Gasteiger partial charge is 0.303 e. The molecular formula is C39H38N6O5. The summed E-state index contributed by atoms with van der Waals surface area (Å²) in [5, 5.41) is 12.3. The summed E-state index contributed by atoms with van der Waals surface area (Å²) in [6, 6.07) is 7.84. The molecule has 3 aliphatic heterocycles. The van der Waals surface area contributed by atoms with Gasteiger partial charge in [-0.1, -0.05) is 25.3 Å². The third-order valence-electron chi connectivity index (χ3n) is 9.33. The van der Waals surface area contributed by atoms with Gasteiger partial charge in [0.2, 0.25) is 5.91 Å². The minimum absolute atomic E-state index is 0.0577. The van der Waals surface area contributed by atoms with Crippen LogP contribution in [0.2, 0.25) is 0 Å². The Labute approximate surface area is 288 Å². The largest absolute Gasteiger partial charge is 0.481 e. The summed E-state index contributed by atoms with van der Waals surface area (Å²) in [5.74, 6) is -1.93. The Kier molecular flexibility index (Phi) is 9.32. The molecule has 6 rings (SSSR count). The monoisotopic (exact) mass is 670 g/mol. The van der Waals surface area contributed by atoms with E-state index in [-0.39, 0.29) is 38.3 Å². The number of carboxylic acid groups (broad SMARTS) is 1. The van der Waals surface area contributed by atoms with E-state index in [0.717, 1.165) is 65.9 Å². The van der Waals surface area contributed by atoms with Crippen LogP contribution in [0, 0.1) is 13.8 Å². The Hall–Kier alpha value is -6.10. The van der Waals surface area contributed by atoms with E-state index < -0.39 is 17.8 Å². The van der Waals surface area contributed by atoms with Crippen LogP contribution in [0.1, 0.15) is 77.6 Å². The second-order valence-electron chi connectivity index (χ2n) is 12.5. The molecule has 254 valence electrons. The number of fused-ring (bicyclic) bond motifs is 8. The van der Waals surface area contributed by atoms with Crippen molar-refractivity contribution < 1.29 is 24.3 Å². The molecule has 11 nitrogen and oxygen atoms in total. The molecule has 3 aromatic heterocycles. The predicted molar refractivity (Wildman–Crippen MR) is 196 cm³/mol. The van der Waals surface area contributed by atoms with Crippen molar-refractivity contribution in [3.8, 4) is 0 Å². The average Bonchev–Trinajstić information content (AvgIpc) is 3.84. The van der Waals surface area contributed by atoms with Crippen LogP contribution >= 0.6 is 0 Å². The van der Waals surface area contributed by atoms with Crippen molar-refractivity contribution in [2.75, 3.05) is 13.1 Å². The number of carbonyl (C=O) groups is 4. The van der Waals surface area contributed by atoms with Crippen molar-refractivity contribution in [3.05, 3.63) is 94.6 Å². The van der Waals surface area contributed by atoms with Gasteiger partial charge in [-0.25, -0.2) is 9.97 Å². The van der Waals surface area contributed by atoms with Gasteiger partial charge in [0.05, 0.1) is 22.8 Å². The summed E-state index contributed by atoms with van der Waals surface area (Å²) in [5.41, 5.74) is 12.5. The maximum atomic E-state index is 12.9. The lowest BCUT2D eigenvalue weighted by molar-refractivity contribution is -0.138. The van der Waals surface area contributed by atoms with Gasteiger partial charge in [-0.3, -0.25) is 24.1 Å². The molecule has 0 saturated carbocycles. The summed E-state index contributed by atoms with van der Waals surface area (Å²) >= 11 is 0. The fourth-order valence-corrected chi connectivity index (χ4v) is 6.53. The molecule has 50 heavy (non-hydrogen) atoms. The van der Waals surface area contributed by atoms with E-state index in [4.69, 9.17) is 9.97 Å². The van der Waals surface area contributed by atoms with Crippen LogP contribution in [0.25, 0.3) is 57.0 Å². The van der Waals surface area contributed by atoms with Gasteiger partial charge in [-0.05, 0) is 91.8 Å². The van der Waals surface area contributed by atoms with Gasteiger partial charge < -0.3 is 20.4 Å². The molecule has 3 amide bonds. The molecule has 0 saturated heterocycles. The highest BCUT2D eigenvalue weighted by Gasteiger charge is 2.23. The molecule has 3 aromatic rings. The van der Waals surface area contributed by atoms with E-state index in [1.165, 1.54) is 12.2 Å². The lowest BCUT2D eigenvalue weighted by Gasteiger charge is -2.14. The van der Waals surface area contributed by atoms with Crippen molar-refractivity contribution in [2.45, 2.75) is 46.5 Å². The number of allylic oxidation sites excluding steroid dienone is 3. The highest BCUT2D eigenvalue weighted by atomic mass is 16.4. The lowest BCUT2D eigenvalue weighted by Crippen LogP contribution is -2.38. The van der Waals surface area contributed by atoms with Gasteiger partial charge in [-0.2, -0.15) is 0 Å². The molecule has 0 aliphatic carbocycles. The number of aromatic amines is 2. The molecular weight excluding hydrogens is 632 g/mol. The normalized spacial score (nSPS) is 14.0. The number of aryl methyl sites for hydroxylation is 2. The number of H-pyrrole nitrogens is 2. The summed E-state index contributed by atoms with van der Waals surface area (Å²) in [6.45, 7) is 14.4. The fourth-order valence-electron chi connectivity index (χ4n) is 6.53. The van der Waals surface area contributed by atoms with Crippen molar-refractivity contribution >= 4 is 80.7 Å². The molecule has 6 heterocycles. The number of nitrogens with one attached hydrogen (secondary N) is 3. The number of carboxylic acids is 1. The third kappa shape index (κ3) is 6.62. The number of rotatable bonds is 11. The first kappa shape index (κ1) is 33.8. The topological polar surface area (TPSA) is 161 Å². The van der Waals surface area contributed by atoms with E-state index in [0.29, 0.717) is 29.2 Å². The zero-order valence-corrected chi connectivity index (χ0v) is 28.3. The third-order valence-corrected chi connectivity index (χ3v) is 9.33. The molecule has 8 bridgehead atoms. The fraction of sp³-hybridized carbons (Fsp3) is 0.231. The van der Waals surface area contributed by atoms with Crippen molar-refractivity contribution in [1.82, 2.24) is 30.2 Å². The molecule has 4 N–H and O–H groups in total. The molecule has 0 spiro atoms. The molecule has 0 radical (unpaired) electrons. The number of aromatic nitrogens is 4. The van der Waals surface area contributed by atoms with Crippen molar-refractivity contribution in [1.29, 1.82) is 0 Å². The maximum Gasteiger partial charge on any atom is 0.303 e. The van der Waals surface area contributed by atoms with Crippen LogP contribution < -0.4 is 5.32 Å². The van der Waals surface area contributed by atoms with Gasteiger partial charge in [0.25, 0.3) is 11.8 Å². The maximum absolute atomic E-state index is 12.9.